The van der Waals surface area contributed by atoms with Gasteiger partial charge in [0.25, 0.3) is 0 Å². The standard InChI is InChI=1S/C18H25BrN2O2/c1-12-7-13(19)9-16(8-12)21-14-5-6-15(21)11-20(10-14)17(22)23-18(2,3)4/h7-9,14-15H,5-6,10-11H2,1-4H3. The molecular formula is C18H25BrN2O2. The van der Waals surface area contributed by atoms with Gasteiger partial charge in [0.05, 0.1) is 0 Å². The minimum absolute atomic E-state index is 0.181. The molecule has 0 saturated carbocycles. The molecule has 126 valence electrons. The summed E-state index contributed by atoms with van der Waals surface area (Å²) in [7, 11) is 0. The van der Waals surface area contributed by atoms with Crippen LogP contribution in [0.2, 0.25) is 0 Å². The summed E-state index contributed by atoms with van der Waals surface area (Å²) in [6.07, 6.45) is 2.09. The van der Waals surface area contributed by atoms with E-state index in [-0.39, 0.29) is 6.09 Å². The molecule has 2 aliphatic rings. The number of nitrogens with zero attached hydrogens (tertiary/aromatic N) is 2. The van der Waals surface area contributed by atoms with E-state index in [9.17, 15) is 4.79 Å². The molecule has 0 aliphatic carbocycles. The molecule has 2 atom stereocenters. The van der Waals surface area contributed by atoms with E-state index >= 15 is 0 Å². The fourth-order valence-corrected chi connectivity index (χ4v) is 4.26. The number of halogens is 1. The van der Waals surface area contributed by atoms with E-state index in [1.807, 2.05) is 25.7 Å². The third-order valence-electron chi connectivity index (χ3n) is 4.46. The number of aryl methyl sites for hydroxylation is 1. The van der Waals surface area contributed by atoms with Crippen molar-refractivity contribution in [2.75, 3.05) is 18.0 Å². The fourth-order valence-electron chi connectivity index (χ4n) is 3.67. The Labute approximate surface area is 146 Å². The number of rotatable bonds is 1. The van der Waals surface area contributed by atoms with Gasteiger partial charge < -0.3 is 14.5 Å². The van der Waals surface area contributed by atoms with Crippen molar-refractivity contribution in [3.05, 3.63) is 28.2 Å². The predicted molar refractivity (Wildman–Crippen MR) is 96.0 cm³/mol. The SMILES string of the molecule is Cc1cc(Br)cc(N2C3CCC2CN(C(=O)OC(C)(C)C)C3)c1. The molecule has 0 N–H and O–H groups in total. The zero-order valence-electron chi connectivity index (χ0n) is 14.3. The lowest BCUT2D eigenvalue weighted by Gasteiger charge is -2.42. The molecule has 2 saturated heterocycles. The number of anilines is 1. The number of carbonyl (C=O) groups is 1. The zero-order valence-corrected chi connectivity index (χ0v) is 15.9. The van der Waals surface area contributed by atoms with E-state index in [4.69, 9.17) is 4.74 Å². The minimum Gasteiger partial charge on any atom is -0.444 e. The van der Waals surface area contributed by atoms with Gasteiger partial charge in [-0.05, 0) is 64.3 Å². The molecule has 3 rings (SSSR count). The number of hydrogen-bond acceptors (Lipinski definition) is 3. The number of hydrogen-bond donors (Lipinski definition) is 0. The molecule has 1 aromatic carbocycles. The van der Waals surface area contributed by atoms with E-state index in [2.05, 4.69) is 46.0 Å². The smallest absolute Gasteiger partial charge is 0.410 e. The molecule has 2 fully saturated rings. The van der Waals surface area contributed by atoms with E-state index in [1.165, 1.54) is 11.3 Å². The summed E-state index contributed by atoms with van der Waals surface area (Å²) in [4.78, 5) is 16.7. The Hall–Kier alpha value is -1.23. The molecule has 0 aromatic heterocycles. The quantitative estimate of drug-likeness (QED) is 0.725. The summed E-state index contributed by atoms with van der Waals surface area (Å²) in [6.45, 7) is 9.36. The van der Waals surface area contributed by atoms with E-state index < -0.39 is 5.60 Å². The van der Waals surface area contributed by atoms with Crippen LogP contribution in [0.1, 0.15) is 39.2 Å². The average molecular weight is 381 g/mol. The zero-order chi connectivity index (χ0) is 16.8. The van der Waals surface area contributed by atoms with Crippen molar-refractivity contribution in [1.29, 1.82) is 0 Å². The highest BCUT2D eigenvalue weighted by Gasteiger charge is 2.42. The molecule has 4 nitrogen and oxygen atoms in total. The number of amides is 1. The first-order valence-electron chi connectivity index (χ1n) is 8.26. The summed E-state index contributed by atoms with van der Waals surface area (Å²) >= 11 is 3.60. The van der Waals surface area contributed by atoms with Crippen LogP contribution < -0.4 is 4.90 Å². The molecule has 2 heterocycles. The highest BCUT2D eigenvalue weighted by molar-refractivity contribution is 9.10. The van der Waals surface area contributed by atoms with Crippen molar-refractivity contribution in [2.45, 2.75) is 58.2 Å². The molecule has 0 spiro atoms. The predicted octanol–water partition coefficient (Wildman–Crippen LogP) is 4.35. The number of likely N-dealkylation sites (tertiary alicyclic amines) is 1. The lowest BCUT2D eigenvalue weighted by atomic mass is 10.1. The van der Waals surface area contributed by atoms with Crippen LogP contribution in [0, 0.1) is 6.92 Å². The van der Waals surface area contributed by atoms with Gasteiger partial charge in [-0.1, -0.05) is 15.9 Å². The second-order valence-corrected chi connectivity index (χ2v) is 8.58. The van der Waals surface area contributed by atoms with Crippen molar-refractivity contribution in [3.8, 4) is 0 Å². The maximum atomic E-state index is 12.4. The van der Waals surface area contributed by atoms with Crippen molar-refractivity contribution < 1.29 is 9.53 Å². The van der Waals surface area contributed by atoms with E-state index in [0.29, 0.717) is 12.1 Å². The Kier molecular flexibility index (Phi) is 4.34. The third-order valence-corrected chi connectivity index (χ3v) is 4.92. The molecule has 2 unspecified atom stereocenters. The van der Waals surface area contributed by atoms with Gasteiger partial charge in [0.15, 0.2) is 0 Å². The Morgan fingerprint density at radius 1 is 1.17 bits per heavy atom. The summed E-state index contributed by atoms with van der Waals surface area (Å²) < 4.78 is 6.65. The van der Waals surface area contributed by atoms with Crippen LogP contribution in [0.5, 0.6) is 0 Å². The van der Waals surface area contributed by atoms with Crippen LogP contribution in [-0.2, 0) is 4.74 Å². The van der Waals surface area contributed by atoms with Crippen LogP contribution in [0.3, 0.4) is 0 Å². The molecule has 1 amide bonds. The first kappa shape index (κ1) is 16.6. The number of fused-ring (bicyclic) bond motifs is 2. The van der Waals surface area contributed by atoms with Gasteiger partial charge in [-0.2, -0.15) is 0 Å². The van der Waals surface area contributed by atoms with Crippen LogP contribution in [0.25, 0.3) is 0 Å². The third kappa shape index (κ3) is 3.65. The molecule has 23 heavy (non-hydrogen) atoms. The summed E-state index contributed by atoms with van der Waals surface area (Å²) in [5.74, 6) is 0. The van der Waals surface area contributed by atoms with Crippen molar-refractivity contribution in [1.82, 2.24) is 4.90 Å². The maximum absolute atomic E-state index is 12.4. The van der Waals surface area contributed by atoms with Gasteiger partial charge in [0.2, 0.25) is 0 Å². The number of carbonyl (C=O) groups excluding carboxylic acids is 1. The number of ether oxygens (including phenoxy) is 1. The highest BCUT2D eigenvalue weighted by Crippen LogP contribution is 2.36. The second kappa shape index (κ2) is 6.00. The van der Waals surface area contributed by atoms with Crippen LogP contribution >= 0.6 is 15.9 Å². The topological polar surface area (TPSA) is 32.8 Å². The Balaban J connectivity index is 1.76. The monoisotopic (exact) mass is 380 g/mol. The molecular weight excluding hydrogens is 356 g/mol. The van der Waals surface area contributed by atoms with Gasteiger partial charge >= 0.3 is 6.09 Å². The number of piperazine rings is 1. The lowest BCUT2D eigenvalue weighted by Crippen LogP contribution is -2.56. The van der Waals surface area contributed by atoms with Gasteiger partial charge in [-0.15, -0.1) is 0 Å². The van der Waals surface area contributed by atoms with E-state index in [0.717, 1.165) is 30.4 Å². The normalized spacial score (nSPS) is 24.0. The molecule has 2 bridgehead atoms. The lowest BCUT2D eigenvalue weighted by molar-refractivity contribution is 0.0209. The molecule has 1 aromatic rings. The van der Waals surface area contributed by atoms with Crippen molar-refractivity contribution in [2.24, 2.45) is 0 Å². The Morgan fingerprint density at radius 3 is 2.30 bits per heavy atom. The van der Waals surface area contributed by atoms with Crippen molar-refractivity contribution >= 4 is 27.7 Å². The number of benzene rings is 1. The van der Waals surface area contributed by atoms with Gasteiger partial charge in [0, 0.05) is 35.3 Å². The summed E-state index contributed by atoms with van der Waals surface area (Å²) in [6, 6.07) is 7.31. The minimum atomic E-state index is -0.436. The highest BCUT2D eigenvalue weighted by atomic mass is 79.9. The van der Waals surface area contributed by atoms with Gasteiger partial charge in [-0.3, -0.25) is 0 Å². The first-order valence-corrected chi connectivity index (χ1v) is 9.06. The van der Waals surface area contributed by atoms with Gasteiger partial charge in [0.1, 0.15) is 5.60 Å². The molecule has 0 radical (unpaired) electrons. The Bertz CT molecular complexity index is 577. The van der Waals surface area contributed by atoms with Crippen LogP contribution in [0.15, 0.2) is 22.7 Å². The Morgan fingerprint density at radius 2 is 1.78 bits per heavy atom. The second-order valence-electron chi connectivity index (χ2n) is 7.66. The molecule has 2 aliphatic heterocycles. The summed E-state index contributed by atoms with van der Waals surface area (Å²) in [5.41, 5.74) is 2.07. The van der Waals surface area contributed by atoms with Crippen molar-refractivity contribution in [3.63, 3.8) is 0 Å². The van der Waals surface area contributed by atoms with Gasteiger partial charge in [-0.25, -0.2) is 4.79 Å². The first-order chi connectivity index (χ1) is 10.7. The maximum Gasteiger partial charge on any atom is 0.410 e. The largest absolute Gasteiger partial charge is 0.444 e. The summed E-state index contributed by atoms with van der Waals surface area (Å²) in [5, 5.41) is 0. The van der Waals surface area contributed by atoms with Crippen LogP contribution in [-0.4, -0.2) is 41.8 Å². The van der Waals surface area contributed by atoms with Crippen LogP contribution in [0.4, 0.5) is 10.5 Å². The fraction of sp³-hybridized carbons (Fsp3) is 0.611. The average Bonchev–Trinajstić information content (AvgIpc) is 2.66. The molecule has 5 heteroatoms. The van der Waals surface area contributed by atoms with E-state index in [1.54, 1.807) is 0 Å².